The van der Waals surface area contributed by atoms with Crippen molar-refractivity contribution in [3.8, 4) is 0 Å². The van der Waals surface area contributed by atoms with Crippen LogP contribution in [-0.4, -0.2) is 31.9 Å². The molecule has 2 heterocycles. The first kappa shape index (κ1) is 15.9. The van der Waals surface area contributed by atoms with E-state index >= 15 is 0 Å². The molecule has 2 rings (SSSR count). The fourth-order valence-corrected chi connectivity index (χ4v) is 5.95. The van der Waals surface area contributed by atoms with E-state index in [4.69, 9.17) is 0 Å². The van der Waals surface area contributed by atoms with Crippen LogP contribution < -0.4 is 5.32 Å². The molecule has 1 aliphatic rings. The predicted molar refractivity (Wildman–Crippen MR) is 83.6 cm³/mol. The van der Waals surface area contributed by atoms with Gasteiger partial charge >= 0.3 is 0 Å². The van der Waals surface area contributed by atoms with Crippen LogP contribution in [-0.2, 0) is 16.6 Å². The molecule has 1 aromatic rings. The van der Waals surface area contributed by atoms with Crippen molar-refractivity contribution in [3.05, 3.63) is 15.8 Å². The number of nitrogens with one attached hydrogen (secondary N) is 1. The molecule has 20 heavy (non-hydrogen) atoms. The molecule has 1 N–H and O–H groups in total. The fourth-order valence-electron chi connectivity index (χ4n) is 2.67. The lowest BCUT2D eigenvalue weighted by atomic mass is 10.1. The minimum atomic E-state index is -3.33. The van der Waals surface area contributed by atoms with Crippen LogP contribution in [0.25, 0.3) is 0 Å². The number of nitrogens with zero attached hydrogens (tertiary/aromatic N) is 1. The number of piperidine rings is 1. The van der Waals surface area contributed by atoms with Gasteiger partial charge in [0.25, 0.3) is 0 Å². The number of hydrogen-bond acceptors (Lipinski definition) is 4. The SMILES string of the molecule is CCNCc1cc(S(=O)(=O)N2CCCCC2C)c(C)s1. The molecular weight excluding hydrogens is 292 g/mol. The summed E-state index contributed by atoms with van der Waals surface area (Å²) in [6, 6.07) is 1.96. The van der Waals surface area contributed by atoms with Crippen LogP contribution in [0.4, 0.5) is 0 Å². The van der Waals surface area contributed by atoms with E-state index < -0.39 is 10.0 Å². The molecule has 0 saturated carbocycles. The number of thiophene rings is 1. The van der Waals surface area contributed by atoms with Crippen molar-refractivity contribution in [3.63, 3.8) is 0 Å². The van der Waals surface area contributed by atoms with Crippen molar-refractivity contribution in [2.75, 3.05) is 13.1 Å². The molecule has 114 valence electrons. The van der Waals surface area contributed by atoms with E-state index in [-0.39, 0.29) is 6.04 Å². The van der Waals surface area contributed by atoms with Crippen LogP contribution in [0.2, 0.25) is 0 Å². The second-order valence-corrected chi connectivity index (χ2v) is 8.57. The quantitative estimate of drug-likeness (QED) is 0.908. The molecule has 6 heteroatoms. The zero-order valence-corrected chi connectivity index (χ0v) is 14.1. The van der Waals surface area contributed by atoms with Crippen molar-refractivity contribution in [2.24, 2.45) is 0 Å². The van der Waals surface area contributed by atoms with Gasteiger partial charge in [-0.05, 0) is 39.3 Å². The minimum absolute atomic E-state index is 0.116. The smallest absolute Gasteiger partial charge is 0.244 e. The van der Waals surface area contributed by atoms with Crippen LogP contribution in [0.1, 0.15) is 42.9 Å². The maximum atomic E-state index is 12.8. The Morgan fingerprint density at radius 1 is 1.45 bits per heavy atom. The van der Waals surface area contributed by atoms with Crippen molar-refractivity contribution >= 4 is 21.4 Å². The van der Waals surface area contributed by atoms with Crippen LogP contribution in [0.5, 0.6) is 0 Å². The molecule has 1 fully saturated rings. The second-order valence-electron chi connectivity index (χ2n) is 5.37. The maximum absolute atomic E-state index is 12.8. The Balaban J connectivity index is 2.26. The van der Waals surface area contributed by atoms with Crippen molar-refractivity contribution in [1.29, 1.82) is 0 Å². The molecule has 1 atom stereocenters. The van der Waals surface area contributed by atoms with Gasteiger partial charge in [-0.15, -0.1) is 11.3 Å². The summed E-state index contributed by atoms with van der Waals surface area (Å²) < 4.78 is 27.3. The zero-order chi connectivity index (χ0) is 14.8. The Morgan fingerprint density at radius 3 is 2.85 bits per heavy atom. The number of rotatable bonds is 5. The van der Waals surface area contributed by atoms with E-state index in [1.807, 2.05) is 26.8 Å². The molecule has 1 unspecified atom stereocenters. The highest BCUT2D eigenvalue weighted by molar-refractivity contribution is 7.89. The molecule has 1 aliphatic heterocycles. The molecule has 0 aromatic carbocycles. The third-order valence-corrected chi connectivity index (χ3v) is 7.12. The van der Waals surface area contributed by atoms with E-state index in [1.165, 1.54) is 0 Å². The average molecular weight is 316 g/mol. The first-order valence-electron chi connectivity index (χ1n) is 7.28. The van der Waals surface area contributed by atoms with E-state index in [1.54, 1.807) is 15.6 Å². The monoisotopic (exact) mass is 316 g/mol. The zero-order valence-electron chi connectivity index (χ0n) is 12.5. The normalized spacial score (nSPS) is 21.2. The molecule has 4 nitrogen and oxygen atoms in total. The standard InChI is InChI=1S/C14H24N2O2S2/c1-4-15-10-13-9-14(12(3)19-13)20(17,18)16-8-6-5-7-11(16)2/h9,11,15H,4-8,10H2,1-3H3. The Bertz CT molecular complexity index is 552. The number of hydrogen-bond donors (Lipinski definition) is 1. The Hall–Kier alpha value is -0.430. The van der Waals surface area contributed by atoms with Gasteiger partial charge in [0, 0.05) is 28.9 Å². The number of sulfonamides is 1. The van der Waals surface area contributed by atoms with Gasteiger partial charge in [-0.2, -0.15) is 4.31 Å². The summed E-state index contributed by atoms with van der Waals surface area (Å²) in [7, 11) is -3.33. The van der Waals surface area contributed by atoms with Crippen LogP contribution >= 0.6 is 11.3 Å². The predicted octanol–water partition coefficient (Wildman–Crippen LogP) is 2.73. The van der Waals surface area contributed by atoms with Crippen molar-refractivity contribution in [2.45, 2.75) is 57.5 Å². The van der Waals surface area contributed by atoms with Crippen molar-refractivity contribution < 1.29 is 8.42 Å². The lowest BCUT2D eigenvalue weighted by molar-refractivity contribution is 0.268. The lowest BCUT2D eigenvalue weighted by Crippen LogP contribution is -2.41. The van der Waals surface area contributed by atoms with Crippen molar-refractivity contribution in [1.82, 2.24) is 9.62 Å². The van der Waals surface area contributed by atoms with Crippen LogP contribution in [0, 0.1) is 6.92 Å². The Kier molecular flexibility index (Phi) is 5.23. The van der Waals surface area contributed by atoms with E-state index in [2.05, 4.69) is 5.32 Å². The maximum Gasteiger partial charge on any atom is 0.244 e. The third kappa shape index (κ3) is 3.24. The highest BCUT2D eigenvalue weighted by Crippen LogP contribution is 2.31. The largest absolute Gasteiger partial charge is 0.312 e. The van der Waals surface area contributed by atoms with E-state index in [9.17, 15) is 8.42 Å². The van der Waals surface area contributed by atoms with Crippen LogP contribution in [0.15, 0.2) is 11.0 Å². The lowest BCUT2D eigenvalue weighted by Gasteiger charge is -2.32. The van der Waals surface area contributed by atoms with E-state index in [0.717, 1.165) is 42.1 Å². The minimum Gasteiger partial charge on any atom is -0.312 e. The molecule has 0 amide bonds. The average Bonchev–Trinajstić information content (AvgIpc) is 2.78. The molecule has 1 saturated heterocycles. The van der Waals surface area contributed by atoms with Gasteiger partial charge in [0.2, 0.25) is 10.0 Å². The summed E-state index contributed by atoms with van der Waals surface area (Å²) in [6.45, 7) is 8.25. The molecule has 0 aliphatic carbocycles. The van der Waals surface area contributed by atoms with Gasteiger partial charge in [-0.1, -0.05) is 13.3 Å². The van der Waals surface area contributed by atoms with Crippen LogP contribution in [0.3, 0.4) is 0 Å². The topological polar surface area (TPSA) is 49.4 Å². The molecule has 0 spiro atoms. The first-order valence-corrected chi connectivity index (χ1v) is 9.54. The Labute approximate surface area is 126 Å². The van der Waals surface area contributed by atoms with Gasteiger partial charge < -0.3 is 5.32 Å². The molecule has 1 aromatic heterocycles. The van der Waals surface area contributed by atoms with E-state index in [0.29, 0.717) is 11.4 Å². The highest BCUT2D eigenvalue weighted by Gasteiger charge is 2.32. The first-order chi connectivity index (χ1) is 9.46. The summed E-state index contributed by atoms with van der Waals surface area (Å²) in [4.78, 5) is 2.49. The second kappa shape index (κ2) is 6.56. The third-order valence-electron chi connectivity index (χ3n) is 3.80. The number of aryl methyl sites for hydroxylation is 1. The molecule has 0 bridgehead atoms. The highest BCUT2D eigenvalue weighted by atomic mass is 32.2. The molecular formula is C14H24N2O2S2. The van der Waals surface area contributed by atoms with Gasteiger partial charge in [-0.3, -0.25) is 0 Å². The summed E-state index contributed by atoms with van der Waals surface area (Å²) in [5.74, 6) is 0. The van der Waals surface area contributed by atoms with Gasteiger partial charge in [0.1, 0.15) is 0 Å². The molecule has 0 radical (unpaired) electrons. The fraction of sp³-hybridized carbons (Fsp3) is 0.714. The van der Waals surface area contributed by atoms with Gasteiger partial charge in [0.05, 0.1) is 4.90 Å². The summed E-state index contributed by atoms with van der Waals surface area (Å²) in [5, 5.41) is 3.25. The summed E-state index contributed by atoms with van der Waals surface area (Å²) in [6.07, 6.45) is 3.06. The Morgan fingerprint density at radius 2 is 2.20 bits per heavy atom. The summed E-state index contributed by atoms with van der Waals surface area (Å²) in [5.41, 5.74) is 0. The summed E-state index contributed by atoms with van der Waals surface area (Å²) >= 11 is 1.58. The van der Waals surface area contributed by atoms with Gasteiger partial charge in [0.15, 0.2) is 0 Å². The van der Waals surface area contributed by atoms with Gasteiger partial charge in [-0.25, -0.2) is 8.42 Å².